The molecule has 1 spiro atoms. The highest BCUT2D eigenvalue weighted by Crippen LogP contribution is 2.69. The predicted octanol–water partition coefficient (Wildman–Crippen LogP) is 3.82. The first-order valence-electron chi connectivity index (χ1n) is 13.5. The molecule has 3 aliphatic rings. The van der Waals surface area contributed by atoms with Gasteiger partial charge in [0, 0.05) is 17.8 Å². The van der Waals surface area contributed by atoms with Crippen LogP contribution in [0.1, 0.15) is 58.6 Å². The number of hydrogen-bond donors (Lipinski definition) is 1. The maximum atomic E-state index is 14.6. The Labute approximate surface area is 224 Å². The van der Waals surface area contributed by atoms with Crippen LogP contribution in [0.5, 0.6) is 0 Å². The number of carbonyl (C=O) groups is 3. The van der Waals surface area contributed by atoms with Crippen LogP contribution in [0.4, 0.5) is 0 Å². The summed E-state index contributed by atoms with van der Waals surface area (Å²) in [4.78, 5) is 45.6. The van der Waals surface area contributed by atoms with Crippen LogP contribution in [0, 0.1) is 17.8 Å². The lowest BCUT2D eigenvalue weighted by Gasteiger charge is -2.43. The van der Waals surface area contributed by atoms with Crippen molar-refractivity contribution in [3.8, 4) is 0 Å². The minimum Gasteiger partial charge on any atom is -0.466 e. The second-order valence-corrected chi connectivity index (χ2v) is 12.1. The molecule has 3 fully saturated rings. The molecule has 202 valence electrons. The Balaban J connectivity index is 1.87. The number of rotatable bonds is 11. The average molecular weight is 529 g/mol. The van der Waals surface area contributed by atoms with Crippen molar-refractivity contribution in [2.75, 3.05) is 19.8 Å². The van der Waals surface area contributed by atoms with E-state index in [2.05, 4.69) is 20.4 Å². The van der Waals surface area contributed by atoms with E-state index in [0.29, 0.717) is 6.54 Å². The fourth-order valence-corrected chi connectivity index (χ4v) is 9.36. The summed E-state index contributed by atoms with van der Waals surface area (Å²) in [6.07, 6.45) is 4.22. The maximum Gasteiger partial charge on any atom is 0.310 e. The van der Waals surface area contributed by atoms with Gasteiger partial charge in [-0.2, -0.15) is 0 Å². The fraction of sp³-hybridized carbons (Fsp3) is 0.621. The van der Waals surface area contributed by atoms with E-state index in [-0.39, 0.29) is 48.2 Å². The number of hydrogen-bond acceptors (Lipinski definition) is 6. The first-order chi connectivity index (χ1) is 17.8. The van der Waals surface area contributed by atoms with Gasteiger partial charge in [0.05, 0.1) is 35.8 Å². The first kappa shape index (κ1) is 27.7. The van der Waals surface area contributed by atoms with Crippen LogP contribution in [0.2, 0.25) is 0 Å². The summed E-state index contributed by atoms with van der Waals surface area (Å²) in [5.41, 5.74) is 0.768. The third kappa shape index (κ3) is 4.40. The molecular formula is C29H40N2O5S. The third-order valence-corrected chi connectivity index (χ3v) is 10.6. The third-order valence-electron chi connectivity index (χ3n) is 8.52. The van der Waals surface area contributed by atoms with Crippen molar-refractivity contribution in [3.63, 3.8) is 0 Å². The van der Waals surface area contributed by atoms with E-state index in [1.807, 2.05) is 42.2 Å². The van der Waals surface area contributed by atoms with Crippen LogP contribution in [-0.4, -0.2) is 74.5 Å². The van der Waals surface area contributed by atoms with Gasteiger partial charge in [-0.25, -0.2) is 0 Å². The van der Waals surface area contributed by atoms with E-state index >= 15 is 0 Å². The van der Waals surface area contributed by atoms with Crippen molar-refractivity contribution in [2.24, 2.45) is 17.8 Å². The minimum atomic E-state index is -0.800. The number of ether oxygens (including phenoxy) is 1. The summed E-state index contributed by atoms with van der Waals surface area (Å²) < 4.78 is 4.68. The van der Waals surface area contributed by atoms with E-state index in [1.54, 1.807) is 29.7 Å². The predicted molar refractivity (Wildman–Crippen MR) is 145 cm³/mol. The normalized spacial score (nSPS) is 31.6. The Morgan fingerprint density at radius 2 is 2.03 bits per heavy atom. The van der Waals surface area contributed by atoms with Crippen molar-refractivity contribution in [2.45, 2.75) is 75.1 Å². The van der Waals surface area contributed by atoms with Crippen molar-refractivity contribution in [1.29, 1.82) is 0 Å². The average Bonchev–Trinajstić information content (AvgIpc) is 3.48. The Kier molecular flexibility index (Phi) is 8.38. The number of likely N-dealkylation sites (tertiary alicyclic amines) is 1. The summed E-state index contributed by atoms with van der Waals surface area (Å²) in [5.74, 6) is -1.93. The zero-order valence-corrected chi connectivity index (χ0v) is 23.2. The minimum absolute atomic E-state index is 0.0352. The Hall–Kier alpha value is -2.32. The van der Waals surface area contributed by atoms with Crippen LogP contribution < -0.4 is 0 Å². The van der Waals surface area contributed by atoms with E-state index in [4.69, 9.17) is 4.74 Å². The number of amides is 2. The van der Waals surface area contributed by atoms with Crippen molar-refractivity contribution >= 4 is 29.5 Å². The number of aliphatic hydroxyl groups is 1. The number of fused-ring (bicyclic) bond motifs is 1. The SMILES string of the molecule is C=CCN(C(=O)C1N([C@H](CO)c2ccccc2)C(=O)[C@@H]2[C@H](C(=O)OCC)[C@@H]3CC(C)C12S3)C(C)CCC. The smallest absolute Gasteiger partial charge is 0.310 e. The van der Waals surface area contributed by atoms with Gasteiger partial charge in [0.15, 0.2) is 0 Å². The molecule has 8 heteroatoms. The van der Waals surface area contributed by atoms with Gasteiger partial charge in [-0.3, -0.25) is 14.4 Å². The van der Waals surface area contributed by atoms with Gasteiger partial charge < -0.3 is 19.6 Å². The van der Waals surface area contributed by atoms with Crippen LogP contribution >= 0.6 is 11.8 Å². The molecule has 0 aliphatic carbocycles. The number of carbonyl (C=O) groups excluding carboxylic acids is 3. The molecule has 0 saturated carbocycles. The molecule has 3 saturated heterocycles. The molecule has 2 amide bonds. The second kappa shape index (κ2) is 11.2. The van der Waals surface area contributed by atoms with Gasteiger partial charge in [0.1, 0.15) is 6.04 Å². The molecule has 2 bridgehead atoms. The number of aliphatic hydroxyl groups excluding tert-OH is 1. The lowest BCUT2D eigenvalue weighted by molar-refractivity contribution is -0.154. The molecule has 1 aromatic carbocycles. The largest absolute Gasteiger partial charge is 0.466 e. The molecule has 0 radical (unpaired) electrons. The van der Waals surface area contributed by atoms with Gasteiger partial charge in [0.25, 0.3) is 0 Å². The summed E-state index contributed by atoms with van der Waals surface area (Å²) in [6.45, 7) is 12.2. The summed E-state index contributed by atoms with van der Waals surface area (Å²) in [5, 5.41) is 10.6. The number of esters is 1. The molecule has 1 aromatic rings. The van der Waals surface area contributed by atoms with Crippen molar-refractivity contribution in [1.82, 2.24) is 9.80 Å². The van der Waals surface area contributed by atoms with Crippen LogP contribution in [0.3, 0.4) is 0 Å². The fourth-order valence-electron chi connectivity index (χ4n) is 6.97. The van der Waals surface area contributed by atoms with E-state index in [0.717, 1.165) is 24.8 Å². The monoisotopic (exact) mass is 528 g/mol. The summed E-state index contributed by atoms with van der Waals surface area (Å²) in [6, 6.07) is 7.84. The Morgan fingerprint density at radius 3 is 2.62 bits per heavy atom. The zero-order valence-electron chi connectivity index (χ0n) is 22.3. The van der Waals surface area contributed by atoms with Gasteiger partial charge in [-0.05, 0) is 38.2 Å². The number of benzene rings is 1. The maximum absolute atomic E-state index is 14.6. The molecular weight excluding hydrogens is 488 g/mol. The molecule has 3 aliphatic heterocycles. The van der Waals surface area contributed by atoms with Crippen LogP contribution in [-0.2, 0) is 19.1 Å². The Morgan fingerprint density at radius 1 is 1.32 bits per heavy atom. The van der Waals surface area contributed by atoms with E-state index < -0.39 is 28.7 Å². The Bertz CT molecular complexity index is 1020. The van der Waals surface area contributed by atoms with Gasteiger partial charge >= 0.3 is 5.97 Å². The molecule has 37 heavy (non-hydrogen) atoms. The molecule has 0 aromatic heterocycles. The van der Waals surface area contributed by atoms with Gasteiger partial charge in [-0.15, -0.1) is 18.3 Å². The van der Waals surface area contributed by atoms with Gasteiger partial charge in [0.2, 0.25) is 11.8 Å². The van der Waals surface area contributed by atoms with Crippen LogP contribution in [0.15, 0.2) is 43.0 Å². The lowest BCUT2D eigenvalue weighted by atomic mass is 9.66. The van der Waals surface area contributed by atoms with Crippen molar-refractivity contribution < 1.29 is 24.2 Å². The number of thioether (sulfide) groups is 1. The highest BCUT2D eigenvalue weighted by atomic mass is 32.2. The molecule has 1 N–H and O–H groups in total. The highest BCUT2D eigenvalue weighted by Gasteiger charge is 2.77. The van der Waals surface area contributed by atoms with E-state index in [1.165, 1.54) is 0 Å². The van der Waals surface area contributed by atoms with Gasteiger partial charge in [-0.1, -0.05) is 56.7 Å². The first-order valence-corrected chi connectivity index (χ1v) is 14.4. The quantitative estimate of drug-likeness (QED) is 0.347. The topological polar surface area (TPSA) is 87.2 Å². The molecule has 7 nitrogen and oxygen atoms in total. The summed E-state index contributed by atoms with van der Waals surface area (Å²) >= 11 is 1.63. The standard InChI is InChI=1S/C29H40N2O5S/c1-6-12-19(5)30(15-7-2)27(34)25-29-18(4)16-22(37-29)23(28(35)36-8-3)24(29)26(33)31(25)21(17-32)20-13-10-9-11-14-20/h7,9-11,13-14,18-19,21-25,32H,2,6,8,12,15-17H2,1,3-5H3/t18?,19?,21-,22+,23-,24+,25?,29?/m1/s1. The van der Waals surface area contributed by atoms with E-state index in [9.17, 15) is 19.5 Å². The molecule has 4 unspecified atom stereocenters. The molecule has 8 atom stereocenters. The van der Waals surface area contributed by atoms with Crippen LogP contribution in [0.25, 0.3) is 0 Å². The zero-order chi connectivity index (χ0) is 26.9. The second-order valence-electron chi connectivity index (χ2n) is 10.6. The molecule has 3 heterocycles. The highest BCUT2D eigenvalue weighted by molar-refractivity contribution is 8.02. The van der Waals surface area contributed by atoms with Crippen molar-refractivity contribution in [3.05, 3.63) is 48.6 Å². The molecule has 4 rings (SSSR count). The lowest BCUT2D eigenvalue weighted by Crippen LogP contribution is -2.59. The summed E-state index contributed by atoms with van der Waals surface area (Å²) in [7, 11) is 0. The number of nitrogens with zero attached hydrogens (tertiary/aromatic N) is 2.